The molecule has 0 aliphatic heterocycles. The number of nitrogens with one attached hydrogen (secondary N) is 3. The second-order valence-electron chi connectivity index (χ2n) is 6.81. The van der Waals surface area contributed by atoms with Crippen molar-refractivity contribution in [3.05, 3.63) is 82.6 Å². The normalized spacial score (nSPS) is 10.7. The molecule has 0 radical (unpaired) electrons. The molecule has 30 heavy (non-hydrogen) atoms. The van der Waals surface area contributed by atoms with Crippen LogP contribution in [-0.2, 0) is 6.54 Å². The first kappa shape index (κ1) is 19.6. The van der Waals surface area contributed by atoms with Gasteiger partial charge in [0.05, 0.1) is 6.54 Å². The molecule has 7 nitrogen and oxygen atoms in total. The van der Waals surface area contributed by atoms with Gasteiger partial charge in [-0.1, -0.05) is 47.5 Å². The van der Waals surface area contributed by atoms with Crippen LogP contribution in [0.5, 0.6) is 0 Å². The van der Waals surface area contributed by atoms with E-state index in [1.165, 1.54) is 5.56 Å². The molecule has 2 heterocycles. The summed E-state index contributed by atoms with van der Waals surface area (Å²) in [5.41, 5.74) is 8.69. The maximum Gasteiger partial charge on any atom is 0.256 e. The van der Waals surface area contributed by atoms with Crippen molar-refractivity contribution in [1.82, 2.24) is 10.2 Å². The van der Waals surface area contributed by atoms with Gasteiger partial charge in [-0.15, -0.1) is 0 Å². The highest BCUT2D eigenvalue weighted by molar-refractivity contribution is 6.30. The Balaban J connectivity index is 1.49. The summed E-state index contributed by atoms with van der Waals surface area (Å²) in [4.78, 5) is 12.0. The van der Waals surface area contributed by atoms with E-state index in [-0.39, 0.29) is 5.56 Å². The van der Waals surface area contributed by atoms with Gasteiger partial charge in [0.15, 0.2) is 5.82 Å². The third kappa shape index (κ3) is 4.31. The fraction of sp³-hybridized carbons (Fsp3) is 0.0909. The Morgan fingerprint density at radius 1 is 1.17 bits per heavy atom. The van der Waals surface area contributed by atoms with Gasteiger partial charge in [-0.2, -0.15) is 5.10 Å². The smallest absolute Gasteiger partial charge is 0.256 e. The quantitative estimate of drug-likeness (QED) is 0.332. The molecule has 8 heteroatoms. The van der Waals surface area contributed by atoms with Gasteiger partial charge in [0.25, 0.3) is 5.91 Å². The van der Waals surface area contributed by atoms with Crippen LogP contribution < -0.4 is 16.4 Å². The number of carbonyl (C=O) groups excluding carboxylic acids is 1. The number of halogens is 1. The van der Waals surface area contributed by atoms with Crippen LogP contribution >= 0.6 is 11.6 Å². The fourth-order valence-electron chi connectivity index (χ4n) is 3.03. The molecule has 0 aliphatic rings. The molecule has 0 unspecified atom stereocenters. The maximum atomic E-state index is 12.0. The fourth-order valence-corrected chi connectivity index (χ4v) is 3.22. The number of anilines is 3. The molecule has 0 saturated carbocycles. The molecule has 0 saturated heterocycles. The van der Waals surface area contributed by atoms with Gasteiger partial charge in [-0.25, -0.2) is 0 Å². The van der Waals surface area contributed by atoms with E-state index >= 15 is 0 Å². The van der Waals surface area contributed by atoms with Crippen LogP contribution in [0, 0.1) is 6.92 Å². The molecule has 152 valence electrons. The minimum Gasteiger partial charge on any atom is -0.459 e. The van der Waals surface area contributed by atoms with E-state index in [2.05, 4.69) is 20.8 Å². The Kier molecular flexibility index (Phi) is 5.45. The van der Waals surface area contributed by atoms with Crippen molar-refractivity contribution in [2.24, 2.45) is 5.73 Å². The zero-order valence-corrected chi connectivity index (χ0v) is 17.0. The Hall–Kier alpha value is -3.71. The van der Waals surface area contributed by atoms with Gasteiger partial charge in [0.2, 0.25) is 0 Å². The van der Waals surface area contributed by atoms with E-state index < -0.39 is 5.91 Å². The minimum atomic E-state index is -0.615. The number of hydrogen-bond donors (Lipinski definition) is 4. The van der Waals surface area contributed by atoms with Gasteiger partial charge >= 0.3 is 0 Å². The minimum absolute atomic E-state index is 0.222. The summed E-state index contributed by atoms with van der Waals surface area (Å²) in [5.74, 6) is 1.57. The SMILES string of the molecule is Cc1ccc(-c2ccc(CNc3n[nH]c(Nc4cccc(Cl)c4)c3C(N)=O)o2)cc1. The van der Waals surface area contributed by atoms with Crippen molar-refractivity contribution in [1.29, 1.82) is 0 Å². The highest BCUT2D eigenvalue weighted by atomic mass is 35.5. The number of aromatic amines is 1. The van der Waals surface area contributed by atoms with Crippen LogP contribution in [0.2, 0.25) is 5.02 Å². The number of amides is 1. The predicted octanol–water partition coefficient (Wildman–Crippen LogP) is 5.09. The average Bonchev–Trinajstić information content (AvgIpc) is 3.34. The molecular weight excluding hydrogens is 402 g/mol. The first-order chi connectivity index (χ1) is 14.5. The molecule has 1 amide bonds. The summed E-state index contributed by atoms with van der Waals surface area (Å²) in [6, 6.07) is 19.0. The monoisotopic (exact) mass is 421 g/mol. The molecule has 0 bridgehead atoms. The number of benzene rings is 2. The van der Waals surface area contributed by atoms with Crippen molar-refractivity contribution in [3.63, 3.8) is 0 Å². The molecule has 0 aliphatic carbocycles. The molecule has 0 fully saturated rings. The van der Waals surface area contributed by atoms with Crippen molar-refractivity contribution < 1.29 is 9.21 Å². The van der Waals surface area contributed by atoms with Crippen molar-refractivity contribution in [2.45, 2.75) is 13.5 Å². The van der Waals surface area contributed by atoms with E-state index in [0.717, 1.165) is 11.3 Å². The van der Waals surface area contributed by atoms with Crippen LogP contribution in [0.3, 0.4) is 0 Å². The second kappa shape index (κ2) is 8.34. The predicted molar refractivity (Wildman–Crippen MR) is 118 cm³/mol. The second-order valence-corrected chi connectivity index (χ2v) is 7.24. The number of primary amides is 1. The molecular formula is C22H20ClN5O2. The summed E-state index contributed by atoms with van der Waals surface area (Å²) in [6.07, 6.45) is 0. The summed E-state index contributed by atoms with van der Waals surface area (Å²) in [5, 5.41) is 13.7. The molecule has 0 spiro atoms. The van der Waals surface area contributed by atoms with E-state index in [1.54, 1.807) is 18.2 Å². The number of aromatic nitrogens is 2. The highest BCUT2D eigenvalue weighted by Crippen LogP contribution is 2.27. The van der Waals surface area contributed by atoms with E-state index in [9.17, 15) is 4.79 Å². The zero-order valence-electron chi connectivity index (χ0n) is 16.2. The number of H-pyrrole nitrogens is 1. The van der Waals surface area contributed by atoms with Crippen LogP contribution in [0.4, 0.5) is 17.3 Å². The first-order valence-corrected chi connectivity index (χ1v) is 9.68. The summed E-state index contributed by atoms with van der Waals surface area (Å²) < 4.78 is 5.90. The van der Waals surface area contributed by atoms with E-state index in [0.29, 0.717) is 34.7 Å². The molecule has 4 rings (SSSR count). The van der Waals surface area contributed by atoms with E-state index in [4.69, 9.17) is 21.8 Å². The van der Waals surface area contributed by atoms with Gasteiger partial charge in [0, 0.05) is 16.3 Å². The third-order valence-corrected chi connectivity index (χ3v) is 4.77. The number of furan rings is 1. The third-order valence-electron chi connectivity index (χ3n) is 4.53. The van der Waals surface area contributed by atoms with Gasteiger partial charge in [-0.05, 0) is 37.3 Å². The number of aryl methyl sites for hydroxylation is 1. The van der Waals surface area contributed by atoms with Gasteiger partial charge in [0.1, 0.15) is 22.9 Å². The van der Waals surface area contributed by atoms with Crippen LogP contribution in [-0.4, -0.2) is 16.1 Å². The van der Waals surface area contributed by atoms with Crippen LogP contribution in [0.15, 0.2) is 65.1 Å². The topological polar surface area (TPSA) is 109 Å². The Morgan fingerprint density at radius 3 is 2.70 bits per heavy atom. The van der Waals surface area contributed by atoms with Crippen LogP contribution in [0.25, 0.3) is 11.3 Å². The maximum absolute atomic E-state index is 12.0. The summed E-state index contributed by atoms with van der Waals surface area (Å²) >= 11 is 6.01. The zero-order chi connectivity index (χ0) is 21.1. The lowest BCUT2D eigenvalue weighted by Crippen LogP contribution is -2.15. The first-order valence-electron chi connectivity index (χ1n) is 9.30. The lowest BCUT2D eigenvalue weighted by Gasteiger charge is -2.07. The Labute approximate surface area is 178 Å². The number of nitrogens with zero attached hydrogens (tertiary/aromatic N) is 1. The van der Waals surface area contributed by atoms with Crippen LogP contribution in [0.1, 0.15) is 21.7 Å². The highest BCUT2D eigenvalue weighted by Gasteiger charge is 2.19. The number of rotatable bonds is 7. The molecule has 5 N–H and O–H groups in total. The molecule has 2 aromatic carbocycles. The van der Waals surface area contributed by atoms with Gasteiger partial charge in [-0.3, -0.25) is 9.89 Å². The molecule has 2 aromatic heterocycles. The van der Waals surface area contributed by atoms with E-state index in [1.807, 2.05) is 49.4 Å². The lowest BCUT2D eigenvalue weighted by molar-refractivity contribution is 0.100. The lowest BCUT2D eigenvalue weighted by atomic mass is 10.1. The largest absolute Gasteiger partial charge is 0.459 e. The number of carbonyl (C=O) groups is 1. The average molecular weight is 422 g/mol. The summed E-state index contributed by atoms with van der Waals surface area (Å²) in [6.45, 7) is 2.38. The Bertz CT molecular complexity index is 1180. The molecule has 0 atom stereocenters. The van der Waals surface area contributed by atoms with Gasteiger partial charge < -0.3 is 20.8 Å². The summed E-state index contributed by atoms with van der Waals surface area (Å²) in [7, 11) is 0. The van der Waals surface area contributed by atoms with Crippen molar-refractivity contribution in [3.8, 4) is 11.3 Å². The number of hydrogen-bond acceptors (Lipinski definition) is 5. The van der Waals surface area contributed by atoms with Crippen molar-refractivity contribution >= 4 is 34.8 Å². The van der Waals surface area contributed by atoms with Crippen molar-refractivity contribution in [2.75, 3.05) is 10.6 Å². The standard InChI is InChI=1S/C22H20ClN5O2/c1-13-5-7-14(8-6-13)18-10-9-17(30-18)12-25-21-19(20(24)29)22(28-27-21)26-16-4-2-3-15(23)11-16/h2-11H,12H2,1H3,(H2,24,29)(H3,25,26,27,28). The Morgan fingerprint density at radius 2 is 1.97 bits per heavy atom. The molecule has 4 aromatic rings. The number of nitrogens with two attached hydrogens (primary N) is 1.